The molecule has 4 nitrogen and oxygen atoms in total. The summed E-state index contributed by atoms with van der Waals surface area (Å²) < 4.78 is 37.1. The largest absolute Gasteiger partial charge is 1.00 e. The molecule has 0 radical (unpaired) electrons. The van der Waals surface area contributed by atoms with Gasteiger partial charge in [0.1, 0.15) is 0 Å². The van der Waals surface area contributed by atoms with Gasteiger partial charge >= 0.3 is 29.6 Å². The van der Waals surface area contributed by atoms with E-state index in [1.165, 1.54) is 122 Å². The minimum Gasteiger partial charge on any atom is -0.726 e. The molecule has 198 valence electrons. The van der Waals surface area contributed by atoms with Gasteiger partial charge in [-0.2, -0.15) is 0 Å². The van der Waals surface area contributed by atoms with Crippen LogP contribution in [0.5, 0.6) is 0 Å². The molecular weight excluding hydrogens is 455 g/mol. The van der Waals surface area contributed by atoms with Crippen molar-refractivity contribution in [3.05, 3.63) is 12.2 Å². The Morgan fingerprint density at radius 1 is 0.647 bits per heavy atom. The Kier molecular flexibility index (Phi) is 30.5. The van der Waals surface area contributed by atoms with Gasteiger partial charge in [0.15, 0.2) is 0 Å². The van der Waals surface area contributed by atoms with Crippen molar-refractivity contribution in [1.82, 2.24) is 0 Å². The van der Waals surface area contributed by atoms with Gasteiger partial charge in [-0.15, -0.1) is 0 Å². The first kappa shape index (κ1) is 36.8. The molecule has 1 atom stereocenters. The van der Waals surface area contributed by atoms with Crippen LogP contribution in [-0.4, -0.2) is 19.6 Å². The van der Waals surface area contributed by atoms with Crippen LogP contribution in [0.3, 0.4) is 0 Å². The van der Waals surface area contributed by atoms with Gasteiger partial charge in [-0.1, -0.05) is 148 Å². The Morgan fingerprint density at radius 3 is 1.44 bits per heavy atom. The Morgan fingerprint density at radius 2 is 1.03 bits per heavy atom. The van der Waals surface area contributed by atoms with Gasteiger partial charge in [0.25, 0.3) is 0 Å². The van der Waals surface area contributed by atoms with Crippen molar-refractivity contribution in [2.45, 2.75) is 155 Å². The second-order valence-electron chi connectivity index (χ2n) is 9.82. The molecule has 0 aromatic rings. The van der Waals surface area contributed by atoms with E-state index >= 15 is 0 Å². The maximum atomic E-state index is 10.9. The molecule has 0 amide bonds. The molecule has 1 unspecified atom stereocenters. The Bertz CT molecular complexity index is 522. The van der Waals surface area contributed by atoms with Crippen molar-refractivity contribution in [3.63, 3.8) is 0 Å². The molecular formula is C28H55NaO4S. The van der Waals surface area contributed by atoms with Gasteiger partial charge < -0.3 is 4.55 Å². The smallest absolute Gasteiger partial charge is 0.726 e. The number of allylic oxidation sites excluding steroid dienone is 1. The first-order chi connectivity index (χ1) is 16.0. The molecule has 0 saturated carbocycles. The normalized spacial score (nSPS) is 12.8. The van der Waals surface area contributed by atoms with Crippen LogP contribution in [0.15, 0.2) is 12.2 Å². The summed E-state index contributed by atoms with van der Waals surface area (Å²) in [6.45, 7) is 4.49. The molecule has 0 aliphatic carbocycles. The van der Waals surface area contributed by atoms with E-state index in [-0.39, 0.29) is 42.1 Å². The minimum atomic E-state index is -4.61. The van der Waals surface area contributed by atoms with Crippen LogP contribution in [0.2, 0.25) is 0 Å². The van der Waals surface area contributed by atoms with Crippen LogP contribution in [0, 0.1) is 5.92 Å². The molecule has 0 spiro atoms. The van der Waals surface area contributed by atoms with Gasteiger partial charge in [0.2, 0.25) is 10.4 Å². The molecule has 0 aromatic heterocycles. The van der Waals surface area contributed by atoms with Crippen LogP contribution in [0.4, 0.5) is 0 Å². The van der Waals surface area contributed by atoms with Crippen LogP contribution >= 0.6 is 0 Å². The van der Waals surface area contributed by atoms with Crippen LogP contribution in [-0.2, 0) is 14.6 Å². The molecule has 0 aliphatic rings. The molecule has 0 bridgehead atoms. The summed E-state index contributed by atoms with van der Waals surface area (Å²) >= 11 is 0. The molecule has 0 aromatic carbocycles. The quantitative estimate of drug-likeness (QED) is 0.0453. The van der Waals surface area contributed by atoms with E-state index in [2.05, 4.69) is 30.2 Å². The SMILES string of the molecule is CCCCCCCCCCCC/C=C/C(CCCCCCCCCCCC)COS(=O)(=O)[O-].[Na+]. The van der Waals surface area contributed by atoms with Crippen molar-refractivity contribution in [2.24, 2.45) is 5.92 Å². The first-order valence-electron chi connectivity index (χ1n) is 14.3. The average molecular weight is 511 g/mol. The third kappa shape index (κ3) is 30.6. The summed E-state index contributed by atoms with van der Waals surface area (Å²) in [5.74, 6) is 0.0193. The summed E-state index contributed by atoms with van der Waals surface area (Å²) in [6, 6.07) is 0. The summed E-state index contributed by atoms with van der Waals surface area (Å²) in [7, 11) is -4.61. The van der Waals surface area contributed by atoms with E-state index in [4.69, 9.17) is 0 Å². The summed E-state index contributed by atoms with van der Waals surface area (Å²) in [5, 5.41) is 0. The fourth-order valence-electron chi connectivity index (χ4n) is 4.34. The van der Waals surface area contributed by atoms with Crippen molar-refractivity contribution in [2.75, 3.05) is 6.61 Å². The number of unbranched alkanes of at least 4 members (excludes halogenated alkanes) is 19. The zero-order valence-corrected chi connectivity index (χ0v) is 25.9. The van der Waals surface area contributed by atoms with Crippen molar-refractivity contribution < 1.29 is 46.7 Å². The Balaban J connectivity index is 0. The van der Waals surface area contributed by atoms with Gasteiger partial charge in [-0.3, -0.25) is 4.18 Å². The third-order valence-corrected chi connectivity index (χ3v) is 6.91. The van der Waals surface area contributed by atoms with E-state index in [0.29, 0.717) is 0 Å². The monoisotopic (exact) mass is 510 g/mol. The van der Waals surface area contributed by atoms with Crippen molar-refractivity contribution >= 4 is 10.4 Å². The van der Waals surface area contributed by atoms with E-state index in [1.807, 2.05) is 0 Å². The molecule has 0 heterocycles. The minimum absolute atomic E-state index is 0. The predicted molar refractivity (Wildman–Crippen MR) is 141 cm³/mol. The maximum Gasteiger partial charge on any atom is 1.00 e. The van der Waals surface area contributed by atoms with Crippen molar-refractivity contribution in [3.8, 4) is 0 Å². The van der Waals surface area contributed by atoms with Crippen LogP contribution < -0.4 is 29.6 Å². The zero-order valence-electron chi connectivity index (χ0n) is 23.0. The van der Waals surface area contributed by atoms with E-state index in [0.717, 1.165) is 19.3 Å². The molecule has 0 aliphatic heterocycles. The molecule has 0 rings (SSSR count). The summed E-state index contributed by atoms with van der Waals surface area (Å²) in [5.41, 5.74) is 0. The Labute approximate surface area is 235 Å². The molecule has 6 heteroatoms. The van der Waals surface area contributed by atoms with E-state index < -0.39 is 10.4 Å². The first-order valence-corrected chi connectivity index (χ1v) is 15.6. The van der Waals surface area contributed by atoms with Crippen LogP contribution in [0.25, 0.3) is 0 Å². The van der Waals surface area contributed by atoms with Gasteiger partial charge in [-0.05, 0) is 19.3 Å². The number of rotatable bonds is 26. The Hall–Kier alpha value is 0.610. The van der Waals surface area contributed by atoms with E-state index in [1.54, 1.807) is 0 Å². The second kappa shape index (κ2) is 28.2. The van der Waals surface area contributed by atoms with E-state index in [9.17, 15) is 13.0 Å². The fourth-order valence-corrected chi connectivity index (χ4v) is 4.68. The molecule has 0 saturated heterocycles. The topological polar surface area (TPSA) is 66.4 Å². The average Bonchev–Trinajstić information content (AvgIpc) is 2.78. The van der Waals surface area contributed by atoms with Crippen LogP contribution in [0.1, 0.15) is 155 Å². The second-order valence-corrected chi connectivity index (χ2v) is 10.9. The maximum absolute atomic E-state index is 10.9. The van der Waals surface area contributed by atoms with Crippen molar-refractivity contribution in [1.29, 1.82) is 0 Å². The fraction of sp³-hybridized carbons (Fsp3) is 0.929. The standard InChI is InChI=1S/C28H56O4S.Na/c1-3-5-7-9-11-13-15-16-18-20-22-24-26-28(27-32-33(29,30)31)25-23-21-19-17-14-12-10-8-6-4-2;/h24,26,28H,3-23,25,27H2,1-2H3,(H,29,30,31);/q;+1/p-1/b26-24+;. The summed E-state index contributed by atoms with van der Waals surface area (Å²) in [4.78, 5) is 0. The third-order valence-electron chi connectivity index (χ3n) is 6.49. The van der Waals surface area contributed by atoms with Gasteiger partial charge in [0.05, 0.1) is 6.61 Å². The zero-order chi connectivity index (χ0) is 24.5. The van der Waals surface area contributed by atoms with Gasteiger partial charge in [0, 0.05) is 5.92 Å². The number of hydrogen-bond acceptors (Lipinski definition) is 4. The summed E-state index contributed by atoms with van der Waals surface area (Å²) in [6.07, 6.45) is 32.2. The predicted octanol–water partition coefficient (Wildman–Crippen LogP) is 6.26. The molecule has 34 heavy (non-hydrogen) atoms. The molecule has 0 N–H and O–H groups in total. The molecule has 0 fully saturated rings. The van der Waals surface area contributed by atoms with Gasteiger partial charge in [-0.25, -0.2) is 8.42 Å². The number of hydrogen-bond donors (Lipinski definition) is 0.